The zero-order valence-electron chi connectivity index (χ0n) is 23.0. The lowest BCUT2D eigenvalue weighted by molar-refractivity contribution is 0.254. The zero-order chi connectivity index (χ0) is 27.9. The van der Waals surface area contributed by atoms with E-state index in [0.717, 1.165) is 70.6 Å². The molecule has 0 amide bonds. The van der Waals surface area contributed by atoms with Crippen LogP contribution < -0.4 is 15.8 Å². The summed E-state index contributed by atoms with van der Waals surface area (Å²) in [4.78, 5) is 21.2. The van der Waals surface area contributed by atoms with Crippen molar-refractivity contribution in [1.29, 1.82) is 5.26 Å². The minimum atomic E-state index is -0.0713. The van der Waals surface area contributed by atoms with Gasteiger partial charge >= 0.3 is 0 Å². The molecule has 1 saturated heterocycles. The first-order chi connectivity index (χ1) is 19.9. The highest BCUT2D eigenvalue weighted by molar-refractivity contribution is 7.19. The van der Waals surface area contributed by atoms with Crippen LogP contribution >= 0.6 is 11.3 Å². The van der Waals surface area contributed by atoms with Crippen LogP contribution in [0.2, 0.25) is 0 Å². The molecule has 8 nitrogen and oxygen atoms in total. The molecule has 2 aliphatic heterocycles. The van der Waals surface area contributed by atoms with E-state index in [0.29, 0.717) is 30.0 Å². The van der Waals surface area contributed by atoms with Gasteiger partial charge in [-0.1, -0.05) is 6.92 Å². The molecule has 2 aliphatic carbocycles. The minimum absolute atomic E-state index is 0.0713. The Morgan fingerprint density at radius 2 is 2.10 bits per heavy atom. The lowest BCUT2D eigenvalue weighted by Crippen LogP contribution is -2.41. The number of aliphatic hydroxyl groups excluding tert-OH is 1. The molecule has 2 saturated carbocycles. The van der Waals surface area contributed by atoms with Crippen LogP contribution in [-0.4, -0.2) is 51.7 Å². The Morgan fingerprint density at radius 1 is 1.22 bits per heavy atom. The smallest absolute Gasteiger partial charge is 0.267 e. The molecule has 41 heavy (non-hydrogen) atoms. The highest BCUT2D eigenvalue weighted by Crippen LogP contribution is 2.58. The van der Waals surface area contributed by atoms with E-state index in [1.165, 1.54) is 15.9 Å². The maximum Gasteiger partial charge on any atom is 0.267 e. The molecule has 3 aromatic heterocycles. The number of rotatable bonds is 6. The number of nitrogens with zero attached hydrogens (tertiary/aromatic N) is 5. The molecule has 0 spiro atoms. The molecule has 3 fully saturated rings. The number of anilines is 1. The Balaban J connectivity index is 1.21. The topological polar surface area (TPSA) is 107 Å². The number of hydrogen-bond donors (Lipinski definition) is 2. The van der Waals surface area contributed by atoms with E-state index in [-0.39, 0.29) is 23.6 Å². The van der Waals surface area contributed by atoms with E-state index in [1.807, 2.05) is 18.5 Å². The summed E-state index contributed by atoms with van der Waals surface area (Å²) >= 11 is 1.65. The minimum Gasteiger partial charge on any atom is -0.395 e. The summed E-state index contributed by atoms with van der Waals surface area (Å²) in [6.45, 7) is 4.58. The van der Waals surface area contributed by atoms with Gasteiger partial charge in [0.1, 0.15) is 0 Å². The number of hydrogen-bond acceptors (Lipinski definition) is 8. The van der Waals surface area contributed by atoms with Gasteiger partial charge in [0.15, 0.2) is 0 Å². The first-order valence-corrected chi connectivity index (χ1v) is 15.4. The molecule has 5 heterocycles. The van der Waals surface area contributed by atoms with Crippen LogP contribution in [0.1, 0.15) is 60.1 Å². The highest BCUT2D eigenvalue weighted by atomic mass is 32.1. The number of benzene rings is 1. The van der Waals surface area contributed by atoms with Gasteiger partial charge in [-0.25, -0.2) is 4.68 Å². The molecule has 2 N–H and O–H groups in total. The summed E-state index contributed by atoms with van der Waals surface area (Å²) in [7, 11) is 0. The first-order valence-electron chi connectivity index (χ1n) is 14.6. The van der Waals surface area contributed by atoms with Crippen LogP contribution in [0.25, 0.3) is 21.3 Å². The van der Waals surface area contributed by atoms with Crippen LogP contribution in [0.4, 0.5) is 5.69 Å². The van der Waals surface area contributed by atoms with Crippen molar-refractivity contribution in [3.8, 4) is 17.2 Å². The van der Waals surface area contributed by atoms with Crippen LogP contribution in [-0.2, 0) is 12.0 Å². The SMILES string of the molecule is CC1(c2cnn(Cc3cc4nccc(-c5cc(C#N)cc6c5N([C@@H]5CN[C@@H](CO)C5)C[C@@H]5C[C@H]65)c4s3)c(=O)c2)CC1. The van der Waals surface area contributed by atoms with Gasteiger partial charge < -0.3 is 15.3 Å². The lowest BCUT2D eigenvalue weighted by Gasteiger charge is -2.37. The molecule has 9 heteroatoms. The van der Waals surface area contributed by atoms with Crippen LogP contribution in [0.5, 0.6) is 0 Å². The molecule has 8 rings (SSSR count). The molecular weight excluding hydrogens is 532 g/mol. The molecule has 0 radical (unpaired) electrons. The van der Waals surface area contributed by atoms with E-state index in [2.05, 4.69) is 51.5 Å². The van der Waals surface area contributed by atoms with Crippen LogP contribution in [0.15, 0.2) is 47.5 Å². The third kappa shape index (κ3) is 4.19. The summed E-state index contributed by atoms with van der Waals surface area (Å²) < 4.78 is 2.60. The van der Waals surface area contributed by atoms with Crippen molar-refractivity contribution in [2.75, 3.05) is 24.6 Å². The molecule has 4 aliphatic rings. The van der Waals surface area contributed by atoms with Crippen molar-refractivity contribution in [3.05, 3.63) is 74.6 Å². The number of fused-ring (bicyclic) bond motifs is 4. The Bertz CT molecular complexity index is 1800. The highest BCUT2D eigenvalue weighted by Gasteiger charge is 2.48. The number of aliphatic hydroxyl groups is 1. The fourth-order valence-electron chi connectivity index (χ4n) is 6.99. The van der Waals surface area contributed by atoms with Crippen molar-refractivity contribution >= 4 is 27.2 Å². The second-order valence-electron chi connectivity index (χ2n) is 12.6. The molecule has 4 atom stereocenters. The molecular formula is C32H32N6O2S. The van der Waals surface area contributed by atoms with Gasteiger partial charge in [-0.3, -0.25) is 9.78 Å². The van der Waals surface area contributed by atoms with Crippen molar-refractivity contribution in [3.63, 3.8) is 0 Å². The average Bonchev–Trinajstić information content (AvgIpc) is 3.83. The number of thiophene rings is 1. The maximum atomic E-state index is 12.9. The van der Waals surface area contributed by atoms with Crippen molar-refractivity contribution < 1.29 is 5.11 Å². The van der Waals surface area contributed by atoms with E-state index in [9.17, 15) is 15.2 Å². The molecule has 1 aromatic carbocycles. The summed E-state index contributed by atoms with van der Waals surface area (Å²) in [6.07, 6.45) is 7.98. The van der Waals surface area contributed by atoms with Crippen LogP contribution in [0, 0.1) is 17.2 Å². The van der Waals surface area contributed by atoms with E-state index in [1.54, 1.807) is 17.4 Å². The van der Waals surface area contributed by atoms with E-state index < -0.39 is 0 Å². The predicted molar refractivity (Wildman–Crippen MR) is 159 cm³/mol. The van der Waals surface area contributed by atoms with Gasteiger partial charge in [0.2, 0.25) is 0 Å². The van der Waals surface area contributed by atoms with Crippen LogP contribution in [0.3, 0.4) is 0 Å². The molecule has 4 aromatic rings. The van der Waals surface area contributed by atoms with E-state index in [4.69, 9.17) is 0 Å². The summed E-state index contributed by atoms with van der Waals surface area (Å²) in [5.41, 5.74) is 7.32. The third-order valence-corrected chi connectivity index (χ3v) is 10.9. The summed E-state index contributed by atoms with van der Waals surface area (Å²) in [6, 6.07) is 12.9. The Labute approximate surface area is 242 Å². The normalized spacial score (nSPS) is 25.5. The number of nitriles is 1. The van der Waals surface area contributed by atoms with E-state index >= 15 is 0 Å². The fourth-order valence-corrected chi connectivity index (χ4v) is 8.12. The standard InChI is InChI=1S/C32H32N6O2S/c1-32(3-4-32)20-9-29(40)38(36-13-20)16-23-11-28-31(41-23)24(2-5-34-28)26-6-18(12-33)7-27-25-8-19(25)15-37(30(26)27)22-10-21(17-39)35-14-22/h2,5-7,9,11,13,19,21-22,25,35,39H,3-4,8,10,14-17H2,1H3/t19-,21+,22-,25-/m0/s1. The largest absolute Gasteiger partial charge is 0.395 e. The molecule has 0 unspecified atom stereocenters. The van der Waals surface area contributed by atoms with Gasteiger partial charge in [-0.05, 0) is 78.3 Å². The molecule has 208 valence electrons. The molecule has 0 bridgehead atoms. The number of pyridine rings is 1. The van der Waals surface area contributed by atoms with Gasteiger partial charge in [-0.15, -0.1) is 11.3 Å². The zero-order valence-corrected chi connectivity index (χ0v) is 23.8. The third-order valence-electron chi connectivity index (χ3n) is 9.79. The quantitative estimate of drug-likeness (QED) is 0.363. The predicted octanol–water partition coefficient (Wildman–Crippen LogP) is 4.14. The van der Waals surface area contributed by atoms with Gasteiger partial charge in [0.05, 0.1) is 41.2 Å². The van der Waals surface area contributed by atoms with Gasteiger partial charge in [-0.2, -0.15) is 10.4 Å². The van der Waals surface area contributed by atoms with Crippen molar-refractivity contribution in [2.45, 2.75) is 62.6 Å². The van der Waals surface area contributed by atoms with Gasteiger partial charge in [0, 0.05) is 59.1 Å². The average molecular weight is 565 g/mol. The van der Waals surface area contributed by atoms with Crippen molar-refractivity contribution in [1.82, 2.24) is 20.1 Å². The van der Waals surface area contributed by atoms with Gasteiger partial charge in [0.25, 0.3) is 5.56 Å². The number of aromatic nitrogens is 3. The maximum absolute atomic E-state index is 12.9. The monoisotopic (exact) mass is 564 g/mol. The lowest BCUT2D eigenvalue weighted by atomic mass is 9.90. The van der Waals surface area contributed by atoms with Crippen molar-refractivity contribution in [2.24, 2.45) is 5.92 Å². The second kappa shape index (κ2) is 9.21. The number of nitrogens with one attached hydrogen (secondary N) is 1. The Hall–Kier alpha value is -3.58. The Kier molecular flexibility index (Phi) is 5.65. The summed E-state index contributed by atoms with van der Waals surface area (Å²) in [5.74, 6) is 1.13. The fraction of sp³-hybridized carbons (Fsp3) is 0.438. The second-order valence-corrected chi connectivity index (χ2v) is 13.7. The first kappa shape index (κ1) is 25.2. The summed E-state index contributed by atoms with van der Waals surface area (Å²) in [5, 5.41) is 27.8. The Morgan fingerprint density at radius 3 is 2.85 bits per heavy atom.